The zero-order valence-electron chi connectivity index (χ0n) is 9.07. The Morgan fingerprint density at radius 3 is 2.87 bits per heavy atom. The van der Waals surface area contributed by atoms with Gasteiger partial charge in [-0.3, -0.25) is 0 Å². The minimum Gasteiger partial charge on any atom is -0.358 e. The molecule has 1 aromatic heterocycles. The Morgan fingerprint density at radius 1 is 1.40 bits per heavy atom. The van der Waals surface area contributed by atoms with Gasteiger partial charge in [0.1, 0.15) is 5.82 Å². The lowest BCUT2D eigenvalue weighted by Gasteiger charge is -2.10. The molecule has 3 rings (SSSR count). The first-order valence-corrected chi connectivity index (χ1v) is 6.69. The summed E-state index contributed by atoms with van der Waals surface area (Å²) in [5.41, 5.74) is 0. The van der Waals surface area contributed by atoms with E-state index in [2.05, 4.69) is 21.6 Å². The van der Waals surface area contributed by atoms with Gasteiger partial charge in [0, 0.05) is 23.5 Å². The maximum Gasteiger partial charge on any atom is 0.202 e. The van der Waals surface area contributed by atoms with Crippen molar-refractivity contribution in [2.45, 2.75) is 51.0 Å². The Morgan fingerprint density at radius 2 is 2.20 bits per heavy atom. The van der Waals surface area contributed by atoms with E-state index in [-0.39, 0.29) is 0 Å². The van der Waals surface area contributed by atoms with Crippen LogP contribution in [0.25, 0.3) is 0 Å². The van der Waals surface area contributed by atoms with E-state index in [0.717, 1.165) is 16.9 Å². The molecule has 2 saturated carbocycles. The molecule has 1 unspecified atom stereocenters. The molecule has 1 heterocycles. The first-order chi connectivity index (χ1) is 7.31. The zero-order valence-corrected chi connectivity index (χ0v) is 9.89. The summed E-state index contributed by atoms with van der Waals surface area (Å²) in [7, 11) is 0. The van der Waals surface area contributed by atoms with Crippen LogP contribution in [0.4, 0.5) is 5.13 Å². The fraction of sp³-hybridized carbons (Fsp3) is 0.818. The van der Waals surface area contributed by atoms with Gasteiger partial charge in [0.05, 0.1) is 0 Å². The molecule has 15 heavy (non-hydrogen) atoms. The molecular formula is C11H17N3S. The summed E-state index contributed by atoms with van der Waals surface area (Å²) >= 11 is 1.52. The highest BCUT2D eigenvalue weighted by Crippen LogP contribution is 2.39. The van der Waals surface area contributed by atoms with Gasteiger partial charge in [-0.05, 0) is 32.1 Å². The van der Waals surface area contributed by atoms with Crippen molar-refractivity contribution in [3.8, 4) is 0 Å². The highest BCUT2D eigenvalue weighted by molar-refractivity contribution is 7.09. The molecule has 0 aliphatic heterocycles. The smallest absolute Gasteiger partial charge is 0.202 e. The maximum atomic E-state index is 4.54. The van der Waals surface area contributed by atoms with Gasteiger partial charge in [0.25, 0.3) is 0 Å². The third kappa shape index (κ3) is 2.48. The Kier molecular flexibility index (Phi) is 2.39. The zero-order chi connectivity index (χ0) is 10.3. The van der Waals surface area contributed by atoms with Gasteiger partial charge in [-0.25, -0.2) is 4.98 Å². The third-order valence-corrected chi connectivity index (χ3v) is 3.80. The summed E-state index contributed by atoms with van der Waals surface area (Å²) in [6, 6.07) is 0.553. The standard InChI is InChI=1S/C11H17N3S/c1-7(6-8-2-3-8)12-11-13-10(14-15-11)9-4-5-9/h7-9H,2-6H2,1H3,(H,12,13,14). The molecule has 0 amide bonds. The van der Waals surface area contributed by atoms with Crippen molar-refractivity contribution >= 4 is 16.7 Å². The summed E-state index contributed by atoms with van der Waals surface area (Å²) in [5.74, 6) is 2.72. The molecule has 1 atom stereocenters. The molecule has 0 spiro atoms. The Balaban J connectivity index is 1.55. The molecule has 1 aromatic rings. The van der Waals surface area contributed by atoms with E-state index in [0.29, 0.717) is 12.0 Å². The van der Waals surface area contributed by atoms with E-state index < -0.39 is 0 Å². The highest BCUT2D eigenvalue weighted by atomic mass is 32.1. The molecule has 2 fully saturated rings. The van der Waals surface area contributed by atoms with Gasteiger partial charge < -0.3 is 5.32 Å². The lowest BCUT2D eigenvalue weighted by molar-refractivity contribution is 0.641. The van der Waals surface area contributed by atoms with Crippen LogP contribution in [0.2, 0.25) is 0 Å². The quantitative estimate of drug-likeness (QED) is 0.833. The van der Waals surface area contributed by atoms with E-state index in [9.17, 15) is 0 Å². The molecule has 0 radical (unpaired) electrons. The van der Waals surface area contributed by atoms with Crippen LogP contribution < -0.4 is 5.32 Å². The lowest BCUT2D eigenvalue weighted by Crippen LogP contribution is -2.15. The van der Waals surface area contributed by atoms with Crippen LogP contribution in [0.5, 0.6) is 0 Å². The van der Waals surface area contributed by atoms with Gasteiger partial charge in [0.2, 0.25) is 5.13 Å². The van der Waals surface area contributed by atoms with Crippen molar-refractivity contribution < 1.29 is 0 Å². The number of nitrogens with one attached hydrogen (secondary N) is 1. The molecule has 2 aliphatic rings. The van der Waals surface area contributed by atoms with Crippen molar-refractivity contribution in [1.82, 2.24) is 9.36 Å². The molecule has 3 nitrogen and oxygen atoms in total. The first kappa shape index (κ1) is 9.58. The molecule has 82 valence electrons. The van der Waals surface area contributed by atoms with E-state index in [1.807, 2.05) is 0 Å². The van der Waals surface area contributed by atoms with Gasteiger partial charge in [-0.1, -0.05) is 12.8 Å². The van der Waals surface area contributed by atoms with Gasteiger partial charge >= 0.3 is 0 Å². The Labute approximate surface area is 94.5 Å². The van der Waals surface area contributed by atoms with Gasteiger partial charge in [0.15, 0.2) is 0 Å². The minimum absolute atomic E-state index is 0.553. The summed E-state index contributed by atoms with van der Waals surface area (Å²) in [6.07, 6.45) is 6.71. The van der Waals surface area contributed by atoms with Crippen LogP contribution in [-0.2, 0) is 0 Å². The van der Waals surface area contributed by atoms with E-state index >= 15 is 0 Å². The van der Waals surface area contributed by atoms with Crippen molar-refractivity contribution in [2.24, 2.45) is 5.92 Å². The number of hydrogen-bond donors (Lipinski definition) is 1. The number of anilines is 1. The number of hydrogen-bond acceptors (Lipinski definition) is 4. The summed E-state index contributed by atoms with van der Waals surface area (Å²) in [6.45, 7) is 2.25. The average molecular weight is 223 g/mol. The van der Waals surface area contributed by atoms with Crippen molar-refractivity contribution in [3.63, 3.8) is 0 Å². The van der Waals surface area contributed by atoms with Crippen molar-refractivity contribution in [3.05, 3.63) is 5.82 Å². The normalized spacial score (nSPS) is 22.7. The molecule has 0 aromatic carbocycles. The van der Waals surface area contributed by atoms with Crippen LogP contribution in [-0.4, -0.2) is 15.4 Å². The second-order valence-corrected chi connectivity index (χ2v) is 5.71. The van der Waals surface area contributed by atoms with Gasteiger partial charge in [-0.2, -0.15) is 4.37 Å². The average Bonchev–Trinajstić information content (AvgIpc) is 3.09. The minimum atomic E-state index is 0.553. The molecule has 0 bridgehead atoms. The maximum absolute atomic E-state index is 4.54. The number of aromatic nitrogens is 2. The van der Waals surface area contributed by atoms with Gasteiger partial charge in [-0.15, -0.1) is 0 Å². The monoisotopic (exact) mass is 223 g/mol. The second-order valence-electron chi connectivity index (χ2n) is 4.96. The van der Waals surface area contributed by atoms with E-state index in [1.165, 1.54) is 43.6 Å². The van der Waals surface area contributed by atoms with Crippen LogP contribution in [0, 0.1) is 5.92 Å². The second kappa shape index (κ2) is 3.74. The van der Waals surface area contributed by atoms with Crippen LogP contribution in [0.1, 0.15) is 50.8 Å². The van der Waals surface area contributed by atoms with Crippen molar-refractivity contribution in [1.29, 1.82) is 0 Å². The highest BCUT2D eigenvalue weighted by Gasteiger charge is 2.28. The summed E-state index contributed by atoms with van der Waals surface area (Å²) < 4.78 is 4.39. The topological polar surface area (TPSA) is 37.8 Å². The molecule has 2 aliphatic carbocycles. The van der Waals surface area contributed by atoms with E-state index in [4.69, 9.17) is 0 Å². The first-order valence-electron chi connectivity index (χ1n) is 5.91. The van der Waals surface area contributed by atoms with Crippen LogP contribution in [0.3, 0.4) is 0 Å². The predicted octanol–water partition coefficient (Wildman–Crippen LogP) is 3.02. The number of rotatable bonds is 5. The molecule has 0 saturated heterocycles. The number of nitrogens with zero attached hydrogens (tertiary/aromatic N) is 2. The third-order valence-electron chi connectivity index (χ3n) is 3.14. The van der Waals surface area contributed by atoms with Crippen LogP contribution in [0.15, 0.2) is 0 Å². The predicted molar refractivity (Wildman–Crippen MR) is 62.3 cm³/mol. The molecule has 4 heteroatoms. The Hall–Kier alpha value is -0.640. The lowest BCUT2D eigenvalue weighted by atomic mass is 10.2. The fourth-order valence-corrected chi connectivity index (χ4v) is 2.68. The summed E-state index contributed by atoms with van der Waals surface area (Å²) in [5, 5.41) is 4.48. The fourth-order valence-electron chi connectivity index (χ4n) is 1.92. The SMILES string of the molecule is CC(CC1CC1)Nc1nc(C2CC2)ns1. The van der Waals surface area contributed by atoms with Crippen molar-refractivity contribution in [2.75, 3.05) is 5.32 Å². The van der Waals surface area contributed by atoms with Crippen LogP contribution >= 0.6 is 11.5 Å². The largest absolute Gasteiger partial charge is 0.358 e. The summed E-state index contributed by atoms with van der Waals surface area (Å²) in [4.78, 5) is 4.54. The molecular weight excluding hydrogens is 206 g/mol. The molecule has 1 N–H and O–H groups in total. The Bertz CT molecular complexity index is 341. The van der Waals surface area contributed by atoms with E-state index in [1.54, 1.807) is 0 Å².